The molecule has 0 aliphatic carbocycles. The molecule has 0 heterocycles. The van der Waals surface area contributed by atoms with Gasteiger partial charge in [-0.3, -0.25) is 0 Å². The Hall–Kier alpha value is 0.430. The molecular formula is C30H63P. The van der Waals surface area contributed by atoms with Gasteiger partial charge in [0.25, 0.3) is 0 Å². The third-order valence-corrected chi connectivity index (χ3v) is 10.1. The van der Waals surface area contributed by atoms with Gasteiger partial charge in [0.1, 0.15) is 0 Å². The Morgan fingerprint density at radius 2 is 0.548 bits per heavy atom. The van der Waals surface area contributed by atoms with Crippen LogP contribution in [0, 0.1) is 0 Å². The largest absolute Gasteiger partial charge is 0.109 e. The average Bonchev–Trinajstić information content (AvgIpc) is 2.77. The van der Waals surface area contributed by atoms with Crippen LogP contribution in [0.4, 0.5) is 0 Å². The lowest BCUT2D eigenvalue weighted by Crippen LogP contribution is -2.34. The number of unbranched alkanes of at least 4 members (excludes halogenated alkanes) is 10. The van der Waals surface area contributed by atoms with Crippen molar-refractivity contribution in [3.63, 3.8) is 0 Å². The fourth-order valence-electron chi connectivity index (χ4n) is 5.57. The molecule has 0 unspecified atom stereocenters. The lowest BCUT2D eigenvalue weighted by Gasteiger charge is -2.46. The van der Waals surface area contributed by atoms with Crippen molar-refractivity contribution < 1.29 is 0 Å². The Kier molecular flexibility index (Phi) is 21.3. The van der Waals surface area contributed by atoms with E-state index < -0.39 is 0 Å². The molecule has 0 aliphatic rings. The van der Waals surface area contributed by atoms with Gasteiger partial charge in [-0.15, -0.1) is 8.58 Å². The maximum absolute atomic E-state index is 2.42. The molecule has 0 fully saturated rings. The Balaban J connectivity index is 5.81. The smallest absolute Gasteiger partial charge is 0.0117 e. The van der Waals surface area contributed by atoms with Crippen molar-refractivity contribution in [2.24, 2.45) is 0 Å². The first-order valence-corrected chi connectivity index (χ1v) is 15.9. The van der Waals surface area contributed by atoms with E-state index in [2.05, 4.69) is 41.5 Å². The van der Waals surface area contributed by atoms with Crippen molar-refractivity contribution in [1.82, 2.24) is 0 Å². The van der Waals surface area contributed by atoms with Crippen molar-refractivity contribution in [2.45, 2.75) is 193 Å². The van der Waals surface area contributed by atoms with E-state index in [4.69, 9.17) is 0 Å². The van der Waals surface area contributed by atoms with Gasteiger partial charge in [-0.2, -0.15) is 0 Å². The highest BCUT2D eigenvalue weighted by Gasteiger charge is 2.39. The van der Waals surface area contributed by atoms with Crippen LogP contribution in [-0.4, -0.2) is 10.3 Å². The quantitative estimate of drug-likeness (QED) is 0.100. The molecule has 0 atom stereocenters. The van der Waals surface area contributed by atoms with Crippen LogP contribution in [-0.2, 0) is 0 Å². The van der Waals surface area contributed by atoms with Gasteiger partial charge in [0.15, 0.2) is 0 Å². The third-order valence-electron chi connectivity index (χ3n) is 7.58. The molecule has 0 rings (SSSR count). The highest BCUT2D eigenvalue weighted by molar-refractivity contribution is 7.42. The Bertz CT molecular complexity index is 307. The highest BCUT2D eigenvalue weighted by Crippen LogP contribution is 2.57. The van der Waals surface area contributed by atoms with E-state index >= 15 is 0 Å². The molecule has 0 bridgehead atoms. The predicted molar refractivity (Wildman–Crippen MR) is 149 cm³/mol. The Labute approximate surface area is 201 Å². The molecule has 31 heavy (non-hydrogen) atoms. The summed E-state index contributed by atoms with van der Waals surface area (Å²) in [4.78, 5) is 0. The Morgan fingerprint density at radius 3 is 0.774 bits per heavy atom. The summed E-state index contributed by atoms with van der Waals surface area (Å²) in [6, 6.07) is 0. The van der Waals surface area contributed by atoms with Crippen LogP contribution in [0.3, 0.4) is 0 Å². The van der Waals surface area contributed by atoms with E-state index in [9.17, 15) is 0 Å². The molecule has 0 aromatic rings. The minimum Gasteiger partial charge on any atom is -0.109 e. The third kappa shape index (κ3) is 15.0. The zero-order valence-corrected chi connectivity index (χ0v) is 24.1. The first-order chi connectivity index (χ1) is 15.1. The van der Waals surface area contributed by atoms with Gasteiger partial charge in [0, 0.05) is 0 Å². The minimum absolute atomic E-state index is 0.659. The average molecular weight is 455 g/mol. The zero-order valence-electron chi connectivity index (χ0n) is 23.1. The molecule has 0 aromatic carbocycles. The second-order valence-electron chi connectivity index (χ2n) is 10.7. The topological polar surface area (TPSA) is 0 Å². The van der Waals surface area contributed by atoms with Crippen molar-refractivity contribution in [2.75, 3.05) is 0 Å². The molecule has 0 aromatic heterocycles. The van der Waals surface area contributed by atoms with E-state index in [0.29, 0.717) is 10.3 Å². The van der Waals surface area contributed by atoms with Gasteiger partial charge in [-0.05, 0) is 48.8 Å². The molecule has 0 saturated carbocycles. The molecular weight excluding hydrogens is 391 g/mol. The monoisotopic (exact) mass is 454 g/mol. The number of hydrogen-bond acceptors (Lipinski definition) is 0. The van der Waals surface area contributed by atoms with Crippen molar-refractivity contribution in [3.05, 3.63) is 0 Å². The van der Waals surface area contributed by atoms with Crippen LogP contribution in [0.2, 0.25) is 0 Å². The summed E-state index contributed by atoms with van der Waals surface area (Å²) in [6.45, 7) is 14.4. The first kappa shape index (κ1) is 31.4. The second-order valence-corrected chi connectivity index (χ2v) is 13.1. The highest BCUT2D eigenvalue weighted by atomic mass is 31.1. The van der Waals surface area contributed by atoms with E-state index in [1.807, 2.05) is 0 Å². The standard InChI is InChI=1S/C30H63P/c1-7-13-19-25-29(23-17-11-5,26-20-14-8-2)31-30(24-18-12-6,27-21-15-9-3)28-22-16-10-4/h31H,7-28H2,1-6H3. The predicted octanol–water partition coefficient (Wildman–Crippen LogP) is 11.8. The normalized spacial score (nSPS) is 12.6. The van der Waals surface area contributed by atoms with E-state index in [1.54, 1.807) is 0 Å². The van der Waals surface area contributed by atoms with Crippen molar-refractivity contribution in [3.8, 4) is 0 Å². The van der Waals surface area contributed by atoms with Gasteiger partial charge in [0.05, 0.1) is 0 Å². The molecule has 1 heteroatoms. The summed E-state index contributed by atoms with van der Waals surface area (Å²) in [6.07, 6.45) is 32.0. The van der Waals surface area contributed by atoms with Gasteiger partial charge in [-0.25, -0.2) is 0 Å². The van der Waals surface area contributed by atoms with Crippen LogP contribution < -0.4 is 0 Å². The molecule has 0 spiro atoms. The minimum atomic E-state index is 0.659. The van der Waals surface area contributed by atoms with Crippen molar-refractivity contribution in [1.29, 1.82) is 0 Å². The summed E-state index contributed by atoms with van der Waals surface area (Å²) in [5.41, 5.74) is 0. The number of hydrogen-bond donors (Lipinski definition) is 0. The fraction of sp³-hybridized carbons (Fsp3) is 1.00. The van der Waals surface area contributed by atoms with E-state index in [0.717, 1.165) is 0 Å². The lowest BCUT2D eigenvalue weighted by atomic mass is 9.88. The Morgan fingerprint density at radius 1 is 0.323 bits per heavy atom. The molecule has 0 N–H and O–H groups in total. The fourth-order valence-corrected chi connectivity index (χ4v) is 8.51. The molecule has 0 nitrogen and oxygen atoms in total. The van der Waals surface area contributed by atoms with Crippen LogP contribution in [0.1, 0.15) is 183 Å². The van der Waals surface area contributed by atoms with Gasteiger partial charge >= 0.3 is 0 Å². The van der Waals surface area contributed by atoms with Gasteiger partial charge in [0.2, 0.25) is 0 Å². The first-order valence-electron chi connectivity index (χ1n) is 14.9. The molecule has 0 radical (unpaired) electrons. The number of rotatable bonds is 24. The summed E-state index contributed by atoms with van der Waals surface area (Å²) < 4.78 is 0. The molecule has 188 valence electrons. The summed E-state index contributed by atoms with van der Waals surface area (Å²) >= 11 is 0. The maximum Gasteiger partial charge on any atom is -0.0117 e. The zero-order chi connectivity index (χ0) is 23.3. The van der Waals surface area contributed by atoms with Crippen LogP contribution >= 0.6 is 8.58 Å². The van der Waals surface area contributed by atoms with Crippen molar-refractivity contribution >= 4 is 8.58 Å². The summed E-state index contributed by atoms with van der Waals surface area (Å²) in [7, 11) is 1.22. The maximum atomic E-state index is 2.42. The summed E-state index contributed by atoms with van der Waals surface area (Å²) in [5.74, 6) is 0. The van der Waals surface area contributed by atoms with E-state index in [-0.39, 0.29) is 0 Å². The van der Waals surface area contributed by atoms with Crippen LogP contribution in [0.25, 0.3) is 0 Å². The lowest BCUT2D eigenvalue weighted by molar-refractivity contribution is 0.374. The van der Waals surface area contributed by atoms with E-state index in [1.165, 1.54) is 150 Å². The molecule has 0 aliphatic heterocycles. The SMILES string of the molecule is CCCCCC(CCCC)(CCCCC)PC(CCCC)(CCCCC)CCCCC. The van der Waals surface area contributed by atoms with Gasteiger partial charge in [-0.1, -0.05) is 144 Å². The molecule has 0 saturated heterocycles. The van der Waals surface area contributed by atoms with Gasteiger partial charge < -0.3 is 0 Å². The van der Waals surface area contributed by atoms with Crippen LogP contribution in [0.5, 0.6) is 0 Å². The summed E-state index contributed by atoms with van der Waals surface area (Å²) in [5, 5.41) is 1.32. The van der Waals surface area contributed by atoms with Crippen LogP contribution in [0.15, 0.2) is 0 Å². The second kappa shape index (κ2) is 21.0. The molecule has 0 amide bonds.